The van der Waals surface area contributed by atoms with Crippen LogP contribution in [0, 0.1) is 0 Å². The van der Waals surface area contributed by atoms with Crippen molar-refractivity contribution in [2.45, 2.75) is 19.0 Å². The molecular weight excluding hydrogens is 360 g/mol. The monoisotopic (exact) mass is 384 g/mol. The highest BCUT2D eigenvalue weighted by molar-refractivity contribution is 5.95. The van der Waals surface area contributed by atoms with Crippen LogP contribution in [0.1, 0.15) is 23.2 Å². The maximum atomic E-state index is 12.6. The van der Waals surface area contributed by atoms with E-state index in [1.165, 1.54) is 4.90 Å². The SMILES string of the molecule is CNNC1C=C(N2CCOc3cc(C(=O)N4CCCC4)cnc32)C=CN1C=O. The molecule has 0 saturated carbocycles. The molecule has 1 saturated heterocycles. The van der Waals surface area contributed by atoms with Crippen LogP contribution in [-0.4, -0.2) is 66.6 Å². The highest BCUT2D eigenvalue weighted by Crippen LogP contribution is 2.34. The van der Waals surface area contributed by atoms with Crippen molar-refractivity contribution in [1.29, 1.82) is 0 Å². The fourth-order valence-electron chi connectivity index (χ4n) is 3.67. The summed E-state index contributed by atoms with van der Waals surface area (Å²) in [5.41, 5.74) is 7.34. The minimum Gasteiger partial charge on any atom is -0.488 e. The first-order valence-electron chi connectivity index (χ1n) is 9.46. The lowest BCUT2D eigenvalue weighted by molar-refractivity contribution is -0.117. The third kappa shape index (κ3) is 3.46. The lowest BCUT2D eigenvalue weighted by Crippen LogP contribution is -2.48. The predicted octanol–water partition coefficient (Wildman–Crippen LogP) is 0.436. The van der Waals surface area contributed by atoms with Gasteiger partial charge in [0.1, 0.15) is 12.8 Å². The molecule has 9 heteroatoms. The molecule has 9 nitrogen and oxygen atoms in total. The molecule has 1 unspecified atom stereocenters. The van der Waals surface area contributed by atoms with Gasteiger partial charge in [0.2, 0.25) is 6.41 Å². The molecule has 0 aliphatic carbocycles. The van der Waals surface area contributed by atoms with Crippen LogP contribution in [0.4, 0.5) is 5.82 Å². The topological polar surface area (TPSA) is 90.0 Å². The standard InChI is InChI=1S/C19H24N6O3/c1-20-22-17-11-15(4-7-24(17)13-26)25-8-9-28-16-10-14(12-21-18(16)25)19(27)23-5-2-3-6-23/h4,7,10-13,17,20,22H,2-3,5-6,8-9H2,1H3. The minimum atomic E-state index is -0.315. The Labute approximate surface area is 163 Å². The molecule has 2 amide bonds. The smallest absolute Gasteiger partial charge is 0.255 e. The molecule has 1 aromatic rings. The Morgan fingerprint density at radius 3 is 2.89 bits per heavy atom. The molecule has 1 aromatic heterocycles. The van der Waals surface area contributed by atoms with Crippen LogP contribution in [0.2, 0.25) is 0 Å². The van der Waals surface area contributed by atoms with Crippen LogP contribution in [0.15, 0.2) is 36.3 Å². The van der Waals surface area contributed by atoms with E-state index in [-0.39, 0.29) is 12.1 Å². The number of allylic oxidation sites excluding steroid dienone is 1. The summed E-state index contributed by atoms with van der Waals surface area (Å²) in [6.45, 7) is 2.72. The molecule has 0 bridgehead atoms. The fourth-order valence-corrected chi connectivity index (χ4v) is 3.67. The van der Waals surface area contributed by atoms with E-state index >= 15 is 0 Å². The molecule has 0 spiro atoms. The molecule has 3 aliphatic rings. The van der Waals surface area contributed by atoms with Gasteiger partial charge in [-0.25, -0.2) is 10.4 Å². The van der Waals surface area contributed by atoms with Crippen LogP contribution in [-0.2, 0) is 4.79 Å². The largest absolute Gasteiger partial charge is 0.488 e. The zero-order valence-electron chi connectivity index (χ0n) is 15.8. The lowest BCUT2D eigenvalue weighted by atomic mass is 10.2. The van der Waals surface area contributed by atoms with Gasteiger partial charge in [0.05, 0.1) is 12.1 Å². The van der Waals surface area contributed by atoms with Crippen molar-refractivity contribution in [3.8, 4) is 5.75 Å². The quantitative estimate of drug-likeness (QED) is 0.562. The van der Waals surface area contributed by atoms with Crippen molar-refractivity contribution >= 4 is 18.1 Å². The predicted molar refractivity (Wildman–Crippen MR) is 103 cm³/mol. The van der Waals surface area contributed by atoms with Crippen molar-refractivity contribution in [1.82, 2.24) is 25.6 Å². The second kappa shape index (κ2) is 7.99. The van der Waals surface area contributed by atoms with Crippen molar-refractivity contribution in [2.24, 2.45) is 0 Å². The van der Waals surface area contributed by atoms with Gasteiger partial charge >= 0.3 is 0 Å². The Hall–Kier alpha value is -2.91. The molecule has 1 fully saturated rings. The van der Waals surface area contributed by atoms with Crippen LogP contribution >= 0.6 is 0 Å². The number of carbonyl (C=O) groups excluding carboxylic acids is 2. The maximum Gasteiger partial charge on any atom is 0.255 e. The second-order valence-corrected chi connectivity index (χ2v) is 6.84. The summed E-state index contributed by atoms with van der Waals surface area (Å²) in [7, 11) is 1.75. The van der Waals surface area contributed by atoms with Crippen LogP contribution in [0.3, 0.4) is 0 Å². The summed E-state index contributed by atoms with van der Waals surface area (Å²) in [5.74, 6) is 1.27. The first-order chi connectivity index (χ1) is 13.7. The van der Waals surface area contributed by atoms with Gasteiger partial charge in [0.15, 0.2) is 11.6 Å². The Bertz CT molecular complexity index is 818. The van der Waals surface area contributed by atoms with Gasteiger partial charge in [-0.05, 0) is 38.1 Å². The number of pyridine rings is 1. The first-order valence-corrected chi connectivity index (χ1v) is 9.46. The summed E-state index contributed by atoms with van der Waals surface area (Å²) in [6.07, 6.45) is 9.69. The summed E-state index contributed by atoms with van der Waals surface area (Å²) < 4.78 is 5.79. The third-order valence-electron chi connectivity index (χ3n) is 5.09. The fraction of sp³-hybridized carbons (Fsp3) is 0.421. The van der Waals surface area contributed by atoms with Crippen LogP contribution in [0.5, 0.6) is 5.75 Å². The number of hydrazine groups is 1. The Morgan fingerprint density at radius 1 is 1.32 bits per heavy atom. The number of anilines is 1. The average Bonchev–Trinajstić information content (AvgIpc) is 3.27. The Kier molecular flexibility index (Phi) is 5.27. The first kappa shape index (κ1) is 18.5. The van der Waals surface area contributed by atoms with E-state index in [4.69, 9.17) is 4.74 Å². The third-order valence-corrected chi connectivity index (χ3v) is 5.09. The van der Waals surface area contributed by atoms with E-state index in [1.807, 2.05) is 22.0 Å². The van der Waals surface area contributed by atoms with Gasteiger partial charge in [-0.15, -0.1) is 0 Å². The van der Waals surface area contributed by atoms with E-state index in [9.17, 15) is 9.59 Å². The van der Waals surface area contributed by atoms with Gasteiger partial charge in [0.25, 0.3) is 5.91 Å². The van der Waals surface area contributed by atoms with E-state index in [0.29, 0.717) is 30.3 Å². The highest BCUT2D eigenvalue weighted by atomic mass is 16.5. The van der Waals surface area contributed by atoms with Crippen molar-refractivity contribution in [2.75, 3.05) is 38.2 Å². The molecule has 0 aromatic carbocycles. The van der Waals surface area contributed by atoms with E-state index < -0.39 is 0 Å². The average molecular weight is 384 g/mol. The molecule has 0 radical (unpaired) electrons. The molecule has 148 valence electrons. The number of likely N-dealkylation sites (tertiary alicyclic amines) is 1. The number of rotatable bonds is 5. The normalized spacial score (nSPS) is 21.2. The zero-order chi connectivity index (χ0) is 19.5. The van der Waals surface area contributed by atoms with E-state index in [2.05, 4.69) is 15.8 Å². The van der Waals surface area contributed by atoms with Gasteiger partial charge in [-0.2, -0.15) is 0 Å². The zero-order valence-corrected chi connectivity index (χ0v) is 15.8. The summed E-state index contributed by atoms with van der Waals surface area (Å²) in [4.78, 5) is 33.8. The summed E-state index contributed by atoms with van der Waals surface area (Å²) in [5, 5.41) is 0. The van der Waals surface area contributed by atoms with Crippen molar-refractivity contribution in [3.63, 3.8) is 0 Å². The number of nitrogens with zero attached hydrogens (tertiary/aromatic N) is 4. The number of fused-ring (bicyclic) bond motifs is 1. The Morgan fingerprint density at radius 2 is 2.14 bits per heavy atom. The van der Waals surface area contributed by atoms with Crippen LogP contribution < -0.4 is 20.5 Å². The van der Waals surface area contributed by atoms with E-state index in [0.717, 1.165) is 38.0 Å². The van der Waals surface area contributed by atoms with Gasteiger partial charge in [0, 0.05) is 31.2 Å². The molecule has 1 atom stereocenters. The molecular formula is C19H24N6O3. The number of aromatic nitrogens is 1. The molecule has 4 rings (SSSR count). The highest BCUT2D eigenvalue weighted by Gasteiger charge is 2.27. The van der Waals surface area contributed by atoms with Gasteiger partial charge in [-0.1, -0.05) is 0 Å². The number of amides is 2. The van der Waals surface area contributed by atoms with Gasteiger partial charge in [-0.3, -0.25) is 15.0 Å². The molecule has 3 aliphatic heterocycles. The summed E-state index contributed by atoms with van der Waals surface area (Å²) in [6, 6.07) is 1.78. The van der Waals surface area contributed by atoms with E-state index in [1.54, 1.807) is 25.5 Å². The number of hydrogen-bond donors (Lipinski definition) is 2. The van der Waals surface area contributed by atoms with Gasteiger partial charge < -0.3 is 19.4 Å². The minimum absolute atomic E-state index is 0.00482. The molecule has 28 heavy (non-hydrogen) atoms. The van der Waals surface area contributed by atoms with Crippen LogP contribution in [0.25, 0.3) is 0 Å². The number of carbonyl (C=O) groups is 2. The van der Waals surface area contributed by atoms with Crippen molar-refractivity contribution < 1.29 is 14.3 Å². The number of ether oxygens (including phenoxy) is 1. The Balaban J connectivity index is 1.59. The second-order valence-electron chi connectivity index (χ2n) is 6.84. The molecule has 2 N–H and O–H groups in total. The number of hydrogen-bond acceptors (Lipinski definition) is 7. The number of nitrogens with one attached hydrogen (secondary N) is 2. The summed E-state index contributed by atoms with van der Waals surface area (Å²) >= 11 is 0. The lowest BCUT2D eigenvalue weighted by Gasteiger charge is -2.35. The maximum absolute atomic E-state index is 12.6. The van der Waals surface area contributed by atoms with Crippen molar-refractivity contribution in [3.05, 3.63) is 41.9 Å². The molecule has 4 heterocycles.